The topological polar surface area (TPSA) is 23.5 Å². The first-order valence-corrected chi connectivity index (χ1v) is 7.16. The molecule has 0 heterocycles. The Morgan fingerprint density at radius 2 is 1.78 bits per heavy atom. The van der Waals surface area contributed by atoms with Gasteiger partial charge in [-0.05, 0) is 43.4 Å². The number of hydrogen-bond donors (Lipinski definition) is 1. The molecule has 2 heteroatoms. The molecule has 1 aliphatic carbocycles. The van der Waals surface area contributed by atoms with E-state index < -0.39 is 0 Å². The number of anilines is 1. The minimum atomic E-state index is -0.372. The molecule has 1 fully saturated rings. The Morgan fingerprint density at radius 1 is 1.17 bits per heavy atom. The van der Waals surface area contributed by atoms with Gasteiger partial charge in [0.05, 0.1) is 6.10 Å². The first-order valence-electron chi connectivity index (χ1n) is 7.16. The lowest BCUT2D eigenvalue weighted by atomic mass is 9.89. The van der Waals surface area contributed by atoms with Crippen LogP contribution in [-0.4, -0.2) is 18.7 Å². The third-order valence-corrected chi connectivity index (χ3v) is 4.07. The van der Waals surface area contributed by atoms with Gasteiger partial charge >= 0.3 is 0 Å². The van der Waals surface area contributed by atoms with Gasteiger partial charge in [-0.3, -0.25) is 0 Å². The zero-order valence-electron chi connectivity index (χ0n) is 11.6. The summed E-state index contributed by atoms with van der Waals surface area (Å²) in [4.78, 5) is 2.35. The number of nitrogens with zero attached hydrogens (tertiary/aromatic N) is 1. The van der Waals surface area contributed by atoms with Gasteiger partial charge in [0.1, 0.15) is 0 Å². The first kappa shape index (κ1) is 13.4. The van der Waals surface area contributed by atoms with Crippen LogP contribution >= 0.6 is 0 Å². The summed E-state index contributed by atoms with van der Waals surface area (Å²) in [6.07, 6.45) is 6.62. The molecule has 18 heavy (non-hydrogen) atoms. The highest BCUT2D eigenvalue weighted by molar-refractivity contribution is 5.47. The Kier molecular flexibility index (Phi) is 4.65. The molecule has 100 valence electrons. The van der Waals surface area contributed by atoms with Crippen molar-refractivity contribution in [2.24, 2.45) is 5.92 Å². The molecule has 1 aliphatic rings. The summed E-state index contributed by atoms with van der Waals surface area (Å²) in [5.41, 5.74) is 2.25. The molecule has 0 aliphatic heterocycles. The fraction of sp³-hybridized carbons (Fsp3) is 0.625. The minimum Gasteiger partial charge on any atom is -0.389 e. The smallest absolute Gasteiger partial charge is 0.0761 e. The Balaban J connectivity index is 1.93. The van der Waals surface area contributed by atoms with Gasteiger partial charge in [0.15, 0.2) is 0 Å². The number of benzene rings is 1. The molecule has 1 aromatic carbocycles. The van der Waals surface area contributed by atoms with Crippen molar-refractivity contribution in [3.8, 4) is 0 Å². The maximum Gasteiger partial charge on any atom is 0.0761 e. The van der Waals surface area contributed by atoms with Crippen LogP contribution in [0.3, 0.4) is 0 Å². The molecule has 0 saturated heterocycles. The van der Waals surface area contributed by atoms with Gasteiger partial charge in [0.25, 0.3) is 0 Å². The van der Waals surface area contributed by atoms with Crippen LogP contribution in [0.15, 0.2) is 24.3 Å². The Hall–Kier alpha value is -1.02. The van der Waals surface area contributed by atoms with Crippen molar-refractivity contribution in [2.75, 3.05) is 18.5 Å². The zero-order valence-corrected chi connectivity index (χ0v) is 11.6. The first-order chi connectivity index (χ1) is 8.66. The minimum absolute atomic E-state index is 0.372. The van der Waals surface area contributed by atoms with Gasteiger partial charge in [-0.2, -0.15) is 0 Å². The average molecular weight is 247 g/mol. The van der Waals surface area contributed by atoms with Gasteiger partial charge < -0.3 is 10.0 Å². The summed E-state index contributed by atoms with van der Waals surface area (Å²) in [5.74, 6) is 0.861. The maximum atomic E-state index is 9.50. The largest absolute Gasteiger partial charge is 0.389 e. The zero-order chi connectivity index (χ0) is 13.0. The van der Waals surface area contributed by atoms with E-state index in [2.05, 4.69) is 24.1 Å². The highest BCUT2D eigenvalue weighted by atomic mass is 16.3. The fourth-order valence-corrected chi connectivity index (χ4v) is 2.87. The van der Waals surface area contributed by atoms with Crippen LogP contribution in [0, 0.1) is 5.92 Å². The van der Waals surface area contributed by atoms with E-state index in [1.807, 2.05) is 12.1 Å². The summed E-state index contributed by atoms with van der Waals surface area (Å²) >= 11 is 0. The molecule has 0 bridgehead atoms. The van der Waals surface area contributed by atoms with Crippen molar-refractivity contribution in [2.45, 2.75) is 45.1 Å². The van der Waals surface area contributed by atoms with Gasteiger partial charge in [-0.25, -0.2) is 0 Å². The Bertz CT molecular complexity index is 352. The third-order valence-electron chi connectivity index (χ3n) is 4.07. The lowest BCUT2D eigenvalue weighted by Gasteiger charge is -2.28. The SMILES string of the molecule is CC(O)c1ccc(N(C)CC2CCCCC2)cc1. The van der Waals surface area contributed by atoms with Crippen molar-refractivity contribution < 1.29 is 5.11 Å². The standard InChI is InChI=1S/C16H25NO/c1-13(18)15-8-10-16(11-9-15)17(2)12-14-6-4-3-5-7-14/h8-11,13-14,18H,3-7,12H2,1-2H3. The summed E-state index contributed by atoms with van der Waals surface area (Å²) < 4.78 is 0. The van der Waals surface area contributed by atoms with Crippen LogP contribution < -0.4 is 4.90 Å². The quantitative estimate of drug-likeness (QED) is 0.875. The molecule has 1 N–H and O–H groups in total. The van der Waals surface area contributed by atoms with E-state index in [4.69, 9.17) is 0 Å². The summed E-state index contributed by atoms with van der Waals surface area (Å²) in [7, 11) is 2.17. The van der Waals surface area contributed by atoms with Crippen LogP contribution in [0.2, 0.25) is 0 Å². The fourth-order valence-electron chi connectivity index (χ4n) is 2.87. The van der Waals surface area contributed by atoms with Crippen LogP contribution in [0.1, 0.15) is 50.7 Å². The van der Waals surface area contributed by atoms with E-state index in [0.29, 0.717) is 0 Å². The highest BCUT2D eigenvalue weighted by Gasteiger charge is 2.15. The maximum absolute atomic E-state index is 9.50. The molecule has 0 aromatic heterocycles. The van der Waals surface area contributed by atoms with Gasteiger partial charge in [0, 0.05) is 19.3 Å². The van der Waals surface area contributed by atoms with Crippen LogP contribution in [-0.2, 0) is 0 Å². The predicted molar refractivity (Wildman–Crippen MR) is 76.9 cm³/mol. The number of aliphatic hydroxyl groups excluding tert-OH is 1. The van der Waals surface area contributed by atoms with E-state index >= 15 is 0 Å². The van der Waals surface area contributed by atoms with Crippen molar-refractivity contribution in [1.29, 1.82) is 0 Å². The molecule has 1 atom stereocenters. The normalized spacial score (nSPS) is 18.6. The van der Waals surface area contributed by atoms with Crippen molar-refractivity contribution in [1.82, 2.24) is 0 Å². The lowest BCUT2D eigenvalue weighted by Crippen LogP contribution is -2.26. The monoisotopic (exact) mass is 247 g/mol. The average Bonchev–Trinajstić information content (AvgIpc) is 2.40. The second-order valence-corrected chi connectivity index (χ2v) is 5.65. The van der Waals surface area contributed by atoms with E-state index in [9.17, 15) is 5.11 Å². The summed E-state index contributed by atoms with van der Waals surface area (Å²) in [6, 6.07) is 8.28. The van der Waals surface area contributed by atoms with Crippen molar-refractivity contribution in [3.63, 3.8) is 0 Å². The number of aliphatic hydroxyl groups is 1. The molecule has 1 aromatic rings. The predicted octanol–water partition coefficient (Wildman–Crippen LogP) is 3.76. The van der Waals surface area contributed by atoms with Gasteiger partial charge in [-0.1, -0.05) is 31.4 Å². The third kappa shape index (κ3) is 3.49. The second-order valence-electron chi connectivity index (χ2n) is 5.65. The van der Waals surface area contributed by atoms with Crippen LogP contribution in [0.25, 0.3) is 0 Å². The van der Waals surface area contributed by atoms with Crippen molar-refractivity contribution >= 4 is 5.69 Å². The molecule has 1 saturated carbocycles. The molecular formula is C16H25NO. The summed E-state index contributed by atoms with van der Waals surface area (Å²) in [6.45, 7) is 2.97. The van der Waals surface area contributed by atoms with E-state index in [1.165, 1.54) is 37.8 Å². The molecule has 0 radical (unpaired) electrons. The molecule has 2 rings (SSSR count). The lowest BCUT2D eigenvalue weighted by molar-refractivity contribution is 0.199. The molecule has 2 nitrogen and oxygen atoms in total. The molecule has 0 spiro atoms. The number of hydrogen-bond acceptors (Lipinski definition) is 2. The van der Waals surface area contributed by atoms with E-state index in [-0.39, 0.29) is 6.10 Å². The molecular weight excluding hydrogens is 222 g/mol. The van der Waals surface area contributed by atoms with E-state index in [1.54, 1.807) is 6.92 Å². The van der Waals surface area contributed by atoms with Crippen LogP contribution in [0.5, 0.6) is 0 Å². The van der Waals surface area contributed by atoms with Crippen molar-refractivity contribution in [3.05, 3.63) is 29.8 Å². The van der Waals surface area contributed by atoms with Gasteiger partial charge in [-0.15, -0.1) is 0 Å². The Morgan fingerprint density at radius 3 is 2.33 bits per heavy atom. The number of rotatable bonds is 4. The second kappa shape index (κ2) is 6.24. The van der Waals surface area contributed by atoms with E-state index in [0.717, 1.165) is 18.0 Å². The summed E-state index contributed by atoms with van der Waals surface area (Å²) in [5, 5.41) is 9.50. The van der Waals surface area contributed by atoms with Gasteiger partial charge in [0.2, 0.25) is 0 Å². The highest BCUT2D eigenvalue weighted by Crippen LogP contribution is 2.26. The molecule has 0 amide bonds. The van der Waals surface area contributed by atoms with Crippen LogP contribution in [0.4, 0.5) is 5.69 Å². The Labute approximate surface area is 111 Å². The molecule has 1 unspecified atom stereocenters.